The standard InChI is InChI=1S/C24H34N4O4/c1-32-16-24(31)11-6-5-9-20(24)28-17-26-21(22(28)18-7-3-2-4-8-18)23(30)27-13-12-25-15-19(27)10-14-29/h2-4,7-8,17,19-20,25,29,31H,5-6,9-16H2,1H3/t19-,20-,24-/m1/s1. The van der Waals surface area contributed by atoms with Crippen LogP contribution in [0.15, 0.2) is 36.7 Å². The van der Waals surface area contributed by atoms with Gasteiger partial charge in [-0.2, -0.15) is 0 Å². The quantitative estimate of drug-likeness (QED) is 0.605. The molecule has 2 aromatic rings. The molecule has 0 unspecified atom stereocenters. The fourth-order valence-electron chi connectivity index (χ4n) is 5.23. The molecule has 1 aliphatic carbocycles. The monoisotopic (exact) mass is 442 g/mol. The Balaban J connectivity index is 1.77. The molecular formula is C24H34N4O4. The molecule has 8 heteroatoms. The lowest BCUT2D eigenvalue weighted by atomic mass is 9.80. The maximum absolute atomic E-state index is 13.7. The van der Waals surface area contributed by atoms with Crippen molar-refractivity contribution < 1.29 is 19.7 Å². The molecule has 0 spiro atoms. The predicted octanol–water partition coefficient (Wildman–Crippen LogP) is 1.84. The highest BCUT2D eigenvalue weighted by Crippen LogP contribution is 2.41. The number of ether oxygens (including phenoxy) is 1. The Morgan fingerprint density at radius 1 is 1.31 bits per heavy atom. The van der Waals surface area contributed by atoms with Gasteiger partial charge < -0.3 is 29.7 Å². The van der Waals surface area contributed by atoms with Gasteiger partial charge in [-0.15, -0.1) is 0 Å². The van der Waals surface area contributed by atoms with Crippen molar-refractivity contribution in [1.82, 2.24) is 19.8 Å². The van der Waals surface area contributed by atoms with E-state index in [1.165, 1.54) is 0 Å². The molecule has 1 aromatic carbocycles. The van der Waals surface area contributed by atoms with Crippen LogP contribution in [0.3, 0.4) is 0 Å². The third-order valence-corrected chi connectivity index (χ3v) is 6.80. The number of carbonyl (C=O) groups is 1. The van der Waals surface area contributed by atoms with Gasteiger partial charge in [0.25, 0.3) is 5.91 Å². The molecule has 2 aliphatic rings. The van der Waals surface area contributed by atoms with Crippen LogP contribution in [0.1, 0.15) is 48.6 Å². The zero-order valence-corrected chi connectivity index (χ0v) is 18.7. The fraction of sp³-hybridized carbons (Fsp3) is 0.583. The van der Waals surface area contributed by atoms with Gasteiger partial charge in [-0.25, -0.2) is 4.98 Å². The van der Waals surface area contributed by atoms with Crippen molar-refractivity contribution in [3.05, 3.63) is 42.4 Å². The normalized spacial score (nSPS) is 26.3. The van der Waals surface area contributed by atoms with Gasteiger partial charge in [0.15, 0.2) is 5.69 Å². The Bertz CT molecular complexity index is 897. The number of hydrogen-bond donors (Lipinski definition) is 3. The number of hydrogen-bond acceptors (Lipinski definition) is 6. The Morgan fingerprint density at radius 3 is 2.88 bits per heavy atom. The number of benzene rings is 1. The Hall–Kier alpha value is -2.26. The van der Waals surface area contributed by atoms with Crippen LogP contribution in [-0.4, -0.2) is 82.2 Å². The zero-order valence-electron chi connectivity index (χ0n) is 18.7. The van der Waals surface area contributed by atoms with E-state index in [-0.39, 0.29) is 31.2 Å². The number of aliphatic hydroxyl groups is 2. The van der Waals surface area contributed by atoms with Gasteiger partial charge in [0.1, 0.15) is 5.60 Å². The van der Waals surface area contributed by atoms with Crippen molar-refractivity contribution in [3.63, 3.8) is 0 Å². The highest BCUT2D eigenvalue weighted by atomic mass is 16.5. The van der Waals surface area contributed by atoms with Gasteiger partial charge in [-0.3, -0.25) is 4.79 Å². The molecule has 3 atom stereocenters. The summed E-state index contributed by atoms with van der Waals surface area (Å²) in [6.07, 6.45) is 5.62. The molecule has 2 heterocycles. The van der Waals surface area contributed by atoms with Crippen LogP contribution < -0.4 is 5.32 Å². The van der Waals surface area contributed by atoms with Crippen molar-refractivity contribution >= 4 is 5.91 Å². The van der Waals surface area contributed by atoms with Gasteiger partial charge in [0.05, 0.1) is 24.7 Å². The number of nitrogens with zero attached hydrogens (tertiary/aromatic N) is 3. The second kappa shape index (κ2) is 10.1. The van der Waals surface area contributed by atoms with Crippen LogP contribution in [0.5, 0.6) is 0 Å². The molecule has 0 bridgehead atoms. The van der Waals surface area contributed by atoms with Crippen molar-refractivity contribution in [1.29, 1.82) is 0 Å². The van der Waals surface area contributed by atoms with Crippen molar-refractivity contribution in [3.8, 4) is 11.3 Å². The fourth-order valence-corrected chi connectivity index (χ4v) is 5.23. The summed E-state index contributed by atoms with van der Waals surface area (Å²) in [7, 11) is 1.61. The van der Waals surface area contributed by atoms with Crippen LogP contribution in [0.2, 0.25) is 0 Å². The molecule has 3 N–H and O–H groups in total. The first-order valence-electron chi connectivity index (χ1n) is 11.5. The topological polar surface area (TPSA) is 99.8 Å². The summed E-state index contributed by atoms with van der Waals surface area (Å²) in [6.45, 7) is 2.21. The number of aliphatic hydroxyl groups excluding tert-OH is 1. The molecule has 2 fully saturated rings. The molecule has 4 rings (SSSR count). The number of aromatic nitrogens is 2. The number of piperazine rings is 1. The third-order valence-electron chi connectivity index (χ3n) is 6.80. The molecular weight excluding hydrogens is 408 g/mol. The highest BCUT2D eigenvalue weighted by molar-refractivity contribution is 5.98. The number of rotatable bonds is 7. The minimum atomic E-state index is -1.01. The Morgan fingerprint density at radius 2 is 2.12 bits per heavy atom. The molecule has 1 saturated heterocycles. The summed E-state index contributed by atoms with van der Waals surface area (Å²) < 4.78 is 7.37. The van der Waals surface area contributed by atoms with E-state index >= 15 is 0 Å². The number of carbonyl (C=O) groups excluding carboxylic acids is 1. The minimum Gasteiger partial charge on any atom is -0.396 e. The van der Waals surface area contributed by atoms with Crippen molar-refractivity contribution in [2.75, 3.05) is 40.0 Å². The lowest BCUT2D eigenvalue weighted by Crippen LogP contribution is -2.54. The van der Waals surface area contributed by atoms with E-state index in [9.17, 15) is 15.0 Å². The van der Waals surface area contributed by atoms with E-state index in [1.54, 1.807) is 13.4 Å². The maximum atomic E-state index is 13.7. The second-order valence-corrected chi connectivity index (χ2v) is 8.88. The number of amides is 1. The number of nitrogens with one attached hydrogen (secondary N) is 1. The summed E-state index contributed by atoms with van der Waals surface area (Å²) in [4.78, 5) is 20.1. The number of imidazole rings is 1. The van der Waals surface area contributed by atoms with E-state index < -0.39 is 5.60 Å². The molecule has 174 valence electrons. The molecule has 1 aromatic heterocycles. The summed E-state index contributed by atoms with van der Waals surface area (Å²) >= 11 is 0. The minimum absolute atomic E-state index is 0.0300. The first-order valence-corrected chi connectivity index (χ1v) is 11.5. The smallest absolute Gasteiger partial charge is 0.275 e. The summed E-state index contributed by atoms with van der Waals surface area (Å²) in [6, 6.07) is 9.50. The second-order valence-electron chi connectivity index (χ2n) is 8.88. The van der Waals surface area contributed by atoms with Gasteiger partial charge in [-0.05, 0) is 19.3 Å². The van der Waals surface area contributed by atoms with Crippen LogP contribution in [0.4, 0.5) is 0 Å². The van der Waals surface area contributed by atoms with Gasteiger partial charge in [-0.1, -0.05) is 43.2 Å². The largest absolute Gasteiger partial charge is 0.396 e. The van der Waals surface area contributed by atoms with Crippen LogP contribution in [0, 0.1) is 0 Å². The molecule has 1 amide bonds. The van der Waals surface area contributed by atoms with Crippen LogP contribution in [0.25, 0.3) is 11.3 Å². The maximum Gasteiger partial charge on any atom is 0.275 e. The van der Waals surface area contributed by atoms with Crippen LogP contribution >= 0.6 is 0 Å². The van der Waals surface area contributed by atoms with Gasteiger partial charge in [0, 0.05) is 45.0 Å². The van der Waals surface area contributed by atoms with Crippen molar-refractivity contribution in [2.45, 2.75) is 49.8 Å². The van der Waals surface area contributed by atoms with E-state index in [0.717, 1.165) is 30.5 Å². The molecule has 1 saturated carbocycles. The van der Waals surface area contributed by atoms with Gasteiger partial charge >= 0.3 is 0 Å². The Kier molecular flexibility index (Phi) is 7.25. The lowest BCUT2D eigenvalue weighted by Gasteiger charge is -2.41. The lowest BCUT2D eigenvalue weighted by molar-refractivity contribution is -0.0893. The molecule has 8 nitrogen and oxygen atoms in total. The average Bonchev–Trinajstić information content (AvgIpc) is 3.25. The summed E-state index contributed by atoms with van der Waals surface area (Å²) in [5.74, 6) is -0.131. The van der Waals surface area contributed by atoms with E-state index in [4.69, 9.17) is 4.74 Å². The molecule has 0 radical (unpaired) electrons. The highest BCUT2D eigenvalue weighted by Gasteiger charge is 2.42. The summed E-state index contributed by atoms with van der Waals surface area (Å²) in [5, 5.41) is 24.2. The predicted molar refractivity (Wildman–Crippen MR) is 121 cm³/mol. The van der Waals surface area contributed by atoms with E-state index in [0.29, 0.717) is 38.2 Å². The first kappa shape index (κ1) is 22.9. The SMILES string of the molecule is COC[C@]1(O)CCCC[C@H]1n1cnc(C(=O)N2CCNC[C@H]2CCO)c1-c1ccccc1. The van der Waals surface area contributed by atoms with Gasteiger partial charge in [0.2, 0.25) is 0 Å². The van der Waals surface area contributed by atoms with Crippen molar-refractivity contribution in [2.24, 2.45) is 0 Å². The first-order chi connectivity index (χ1) is 15.6. The van der Waals surface area contributed by atoms with Crippen LogP contribution in [-0.2, 0) is 4.74 Å². The zero-order chi connectivity index (χ0) is 22.6. The average molecular weight is 443 g/mol. The van der Waals surface area contributed by atoms with E-state index in [2.05, 4.69) is 10.3 Å². The van der Waals surface area contributed by atoms with E-state index in [1.807, 2.05) is 39.8 Å². The number of methoxy groups -OCH3 is 1. The molecule has 32 heavy (non-hydrogen) atoms. The third kappa shape index (κ3) is 4.45. The summed E-state index contributed by atoms with van der Waals surface area (Å²) in [5.41, 5.74) is 1.02. The Labute approximate surface area is 189 Å². The molecule has 1 aliphatic heterocycles.